The lowest BCUT2D eigenvalue weighted by atomic mass is 10.0. The second-order valence-corrected chi connectivity index (χ2v) is 18.0. The van der Waals surface area contributed by atoms with Gasteiger partial charge in [0.2, 0.25) is 0 Å². The monoisotopic (exact) mass is 908 g/mol. The summed E-state index contributed by atoms with van der Waals surface area (Å²) in [5.74, 6) is -2.42. The molecule has 1 unspecified atom stereocenters. The Morgan fingerprint density at radius 2 is 0.889 bits per heavy atom. The lowest BCUT2D eigenvalue weighted by molar-refractivity contribution is -0.161. The zero-order valence-electron chi connectivity index (χ0n) is 39.7. The van der Waals surface area contributed by atoms with E-state index in [4.69, 9.17) is 24.8 Å². The van der Waals surface area contributed by atoms with Gasteiger partial charge in [-0.05, 0) is 57.8 Å². The second-order valence-electron chi connectivity index (χ2n) is 16.6. The smallest absolute Gasteiger partial charge is 0.472 e. The van der Waals surface area contributed by atoms with Gasteiger partial charge in [0, 0.05) is 12.8 Å². The van der Waals surface area contributed by atoms with Crippen molar-refractivity contribution in [2.45, 2.75) is 225 Å². The molecule has 0 bridgehead atoms. The molecule has 0 saturated heterocycles. The number of phosphoric ester groups is 1. The van der Waals surface area contributed by atoms with E-state index in [1.54, 1.807) is 0 Å². The number of carboxylic acid groups (broad SMARTS) is 1. The highest BCUT2D eigenvalue weighted by molar-refractivity contribution is 7.47. The molecule has 0 radical (unpaired) electrons. The van der Waals surface area contributed by atoms with E-state index >= 15 is 0 Å². The van der Waals surface area contributed by atoms with Crippen molar-refractivity contribution >= 4 is 25.7 Å². The Bertz CT molecular complexity index is 1300. The summed E-state index contributed by atoms with van der Waals surface area (Å²) in [4.78, 5) is 46.1. The third-order valence-corrected chi connectivity index (χ3v) is 11.5. The number of esters is 2. The molecule has 0 aliphatic rings. The quantitative estimate of drug-likeness (QED) is 0.0230. The number of rotatable bonds is 46. The number of carbonyl (C=O) groups excluding carboxylic acids is 2. The number of carboxylic acids is 1. The van der Waals surface area contributed by atoms with Crippen LogP contribution in [0.2, 0.25) is 0 Å². The van der Waals surface area contributed by atoms with Crippen molar-refractivity contribution in [3.05, 3.63) is 60.8 Å². The normalized spacial score (nSPS) is 14.1. The minimum atomic E-state index is -4.73. The molecule has 12 heteroatoms. The first-order valence-corrected chi connectivity index (χ1v) is 26.3. The molecule has 11 nitrogen and oxygen atoms in total. The van der Waals surface area contributed by atoms with Crippen molar-refractivity contribution in [2.75, 3.05) is 19.8 Å². The largest absolute Gasteiger partial charge is 0.480 e. The van der Waals surface area contributed by atoms with Gasteiger partial charge in [-0.3, -0.25) is 23.4 Å². The Balaban J connectivity index is 4.32. The van der Waals surface area contributed by atoms with E-state index in [1.165, 1.54) is 103 Å². The Morgan fingerprint density at radius 1 is 0.508 bits per heavy atom. The van der Waals surface area contributed by atoms with Crippen molar-refractivity contribution < 1.29 is 47.5 Å². The maximum atomic E-state index is 12.7. The van der Waals surface area contributed by atoms with Crippen LogP contribution >= 0.6 is 7.82 Å². The highest BCUT2D eigenvalue weighted by Gasteiger charge is 2.28. The topological polar surface area (TPSA) is 172 Å². The van der Waals surface area contributed by atoms with Gasteiger partial charge in [-0.25, -0.2) is 4.57 Å². The fourth-order valence-electron chi connectivity index (χ4n) is 6.68. The summed E-state index contributed by atoms with van der Waals surface area (Å²) in [6.07, 6.45) is 54.3. The molecule has 0 saturated carbocycles. The Morgan fingerprint density at radius 3 is 1.33 bits per heavy atom. The van der Waals surface area contributed by atoms with E-state index < -0.39 is 51.1 Å². The first kappa shape index (κ1) is 60.2. The van der Waals surface area contributed by atoms with Gasteiger partial charge in [0.15, 0.2) is 6.10 Å². The van der Waals surface area contributed by atoms with Crippen molar-refractivity contribution in [2.24, 2.45) is 5.73 Å². The molecule has 63 heavy (non-hydrogen) atoms. The molecule has 0 spiro atoms. The average molecular weight is 908 g/mol. The van der Waals surface area contributed by atoms with Crippen LogP contribution in [0.5, 0.6) is 0 Å². The summed E-state index contributed by atoms with van der Waals surface area (Å²) in [6.45, 7) is 2.68. The van der Waals surface area contributed by atoms with E-state index in [2.05, 4.69) is 79.1 Å². The molecule has 0 aromatic rings. The maximum absolute atomic E-state index is 12.7. The maximum Gasteiger partial charge on any atom is 0.472 e. The number of hydrogen-bond donors (Lipinski definition) is 3. The van der Waals surface area contributed by atoms with Crippen LogP contribution in [0.3, 0.4) is 0 Å². The second kappa shape index (κ2) is 45.7. The fourth-order valence-corrected chi connectivity index (χ4v) is 7.46. The minimum absolute atomic E-state index is 0.121. The highest BCUT2D eigenvalue weighted by Crippen LogP contribution is 2.43. The fraction of sp³-hybridized carbons (Fsp3) is 0.745. The molecular formula is C51H90NO10P. The van der Waals surface area contributed by atoms with Crippen LogP contribution in [0.1, 0.15) is 213 Å². The summed E-state index contributed by atoms with van der Waals surface area (Å²) in [5.41, 5.74) is 5.35. The molecule has 0 rings (SSSR count). The Labute approximate surface area is 383 Å². The average Bonchev–Trinajstić information content (AvgIpc) is 3.26. The molecule has 0 fully saturated rings. The van der Waals surface area contributed by atoms with Gasteiger partial charge in [0.25, 0.3) is 0 Å². The molecule has 364 valence electrons. The summed E-state index contributed by atoms with van der Waals surface area (Å²) >= 11 is 0. The van der Waals surface area contributed by atoms with Gasteiger partial charge in [-0.15, -0.1) is 0 Å². The highest BCUT2D eigenvalue weighted by atomic mass is 31.2. The zero-order chi connectivity index (χ0) is 46.3. The predicted octanol–water partition coefficient (Wildman–Crippen LogP) is 13.9. The molecule has 4 N–H and O–H groups in total. The van der Waals surface area contributed by atoms with Gasteiger partial charge in [-0.1, -0.05) is 203 Å². The number of aliphatic carboxylic acids is 1. The number of phosphoric acid groups is 1. The number of unbranched alkanes of at least 4 members (excludes halogenated alkanes) is 22. The van der Waals surface area contributed by atoms with Crippen LogP contribution in [0.15, 0.2) is 60.8 Å². The first-order chi connectivity index (χ1) is 30.6. The van der Waals surface area contributed by atoms with Crippen molar-refractivity contribution in [1.82, 2.24) is 0 Å². The zero-order valence-corrected chi connectivity index (χ0v) is 40.5. The van der Waals surface area contributed by atoms with E-state index in [-0.39, 0.29) is 19.4 Å². The van der Waals surface area contributed by atoms with Crippen molar-refractivity contribution in [3.8, 4) is 0 Å². The third kappa shape index (κ3) is 45.5. The van der Waals surface area contributed by atoms with E-state index in [1.807, 2.05) is 0 Å². The van der Waals surface area contributed by atoms with Crippen LogP contribution in [-0.2, 0) is 37.5 Å². The summed E-state index contributed by atoms with van der Waals surface area (Å²) in [7, 11) is -4.73. The van der Waals surface area contributed by atoms with Crippen LogP contribution in [-0.4, -0.2) is 59.9 Å². The van der Waals surface area contributed by atoms with E-state index in [9.17, 15) is 23.8 Å². The lowest BCUT2D eigenvalue weighted by Gasteiger charge is -2.20. The van der Waals surface area contributed by atoms with Crippen LogP contribution < -0.4 is 5.73 Å². The van der Waals surface area contributed by atoms with Crippen molar-refractivity contribution in [3.63, 3.8) is 0 Å². The SMILES string of the molecule is CC/C=C/C/C=C/C/C=C/C/C=C/C/C=C/CCCCCC(=O)O[C@H](COC(=O)CCCCCCCCCCCCCCCCCCCCCC)COP(=O)(O)OC[C@H](N)C(=O)O. The molecule has 0 aromatic carbocycles. The van der Waals surface area contributed by atoms with Gasteiger partial charge in [0.05, 0.1) is 13.2 Å². The number of hydrogen-bond acceptors (Lipinski definition) is 9. The van der Waals surface area contributed by atoms with Crippen LogP contribution in [0.25, 0.3) is 0 Å². The lowest BCUT2D eigenvalue weighted by Crippen LogP contribution is -2.34. The number of nitrogens with two attached hydrogens (primary N) is 1. The standard InChI is InChI=1S/C51H90NO10P/c1-3-5-7-9-11-13-15-17-19-21-23-25-26-28-30-32-34-36-38-40-42-49(53)59-44-47(45-60-63(57,58)61-46-48(52)51(55)56)62-50(54)43-41-39-37-35-33-31-29-27-24-22-20-18-16-14-12-10-8-6-4-2/h6,8,12,14,18,20,24,27,31,33,47-48H,3-5,7,9-11,13,15-17,19,21-23,25-26,28-30,32,34-46,52H2,1-2H3,(H,55,56)(H,57,58)/b8-6+,14-12+,20-18+,27-24+,33-31+/t47-,48+/m1/s1. The van der Waals surface area contributed by atoms with Crippen LogP contribution in [0.4, 0.5) is 0 Å². The van der Waals surface area contributed by atoms with Crippen molar-refractivity contribution in [1.29, 1.82) is 0 Å². The third-order valence-electron chi connectivity index (χ3n) is 10.5. The molecule has 3 atom stereocenters. The van der Waals surface area contributed by atoms with Gasteiger partial charge >= 0.3 is 25.7 Å². The van der Waals surface area contributed by atoms with Crippen LogP contribution in [0, 0.1) is 0 Å². The van der Waals surface area contributed by atoms with Gasteiger partial charge in [-0.2, -0.15) is 0 Å². The van der Waals surface area contributed by atoms with Gasteiger partial charge in [0.1, 0.15) is 12.6 Å². The van der Waals surface area contributed by atoms with E-state index in [0.29, 0.717) is 12.8 Å². The summed E-state index contributed by atoms with van der Waals surface area (Å²) < 4.78 is 32.8. The molecule has 0 aliphatic carbocycles. The van der Waals surface area contributed by atoms with Gasteiger partial charge < -0.3 is 25.2 Å². The molecule has 0 amide bonds. The molecule has 0 heterocycles. The number of ether oxygens (including phenoxy) is 2. The predicted molar refractivity (Wildman–Crippen MR) is 258 cm³/mol. The molecular weight excluding hydrogens is 818 g/mol. The Kier molecular flexibility index (Phi) is 43.7. The Hall–Kier alpha value is -2.82. The van der Waals surface area contributed by atoms with E-state index in [0.717, 1.165) is 70.6 Å². The summed E-state index contributed by atoms with van der Waals surface area (Å²) in [6, 6.07) is -1.53. The molecule has 0 aromatic heterocycles. The molecule has 0 aliphatic heterocycles. The number of allylic oxidation sites excluding steroid dienone is 10. The summed E-state index contributed by atoms with van der Waals surface area (Å²) in [5, 5.41) is 8.91. The number of carbonyl (C=O) groups is 3. The first-order valence-electron chi connectivity index (χ1n) is 24.8. The minimum Gasteiger partial charge on any atom is -0.480 e.